The summed E-state index contributed by atoms with van der Waals surface area (Å²) in [5, 5.41) is 39.4. The van der Waals surface area contributed by atoms with Crippen LogP contribution in [0, 0.1) is 0 Å². The summed E-state index contributed by atoms with van der Waals surface area (Å²) >= 11 is 0. The first-order chi connectivity index (χ1) is 45.1. The standard InChI is InChI=1S/C68H122O23/c1-3-5-7-9-11-13-17-61-19-15-21-63(67(61)65(59-71)89-57-55-87-53-51-85-49-47-83-45-43-81-41-39-79-37-35-77-33-31-75-29-27-73-25-23-69)91-64-22-16-20-62(18-14-12-10-8-6-4-2)68(64)66(60-72)90-58-56-88-54-52-86-50-48-84-46-44-82-42-40-80-38-36-78-34-32-76-30-28-74-26-24-70/h15-16,19-22,65-66,69-72H,3-14,17-18,23-60H2,1-2H3. The number of hydrogen-bond acceptors (Lipinski definition) is 23. The van der Waals surface area contributed by atoms with Crippen LogP contribution < -0.4 is 4.74 Å². The Kier molecular flexibility index (Phi) is 62.5. The van der Waals surface area contributed by atoms with Gasteiger partial charge in [0.2, 0.25) is 0 Å². The SMILES string of the molecule is CCCCCCCCc1cccc(Oc2cccc(CCCCCCCC)c2C(CO)OCCOCCOCCOCCOCCOCCOCCOCCOCCO)c1C(CO)OCCOCCOCCOCCOCCOCCOCCOCCOCCO. The molecule has 23 nitrogen and oxygen atoms in total. The van der Waals surface area contributed by atoms with E-state index in [9.17, 15) is 10.2 Å². The highest BCUT2D eigenvalue weighted by molar-refractivity contribution is 5.49. The number of rotatable bonds is 74. The lowest BCUT2D eigenvalue weighted by atomic mass is 9.95. The van der Waals surface area contributed by atoms with Crippen LogP contribution in [0.4, 0.5) is 0 Å². The molecule has 0 fully saturated rings. The van der Waals surface area contributed by atoms with E-state index in [4.69, 9.17) is 100 Å². The molecule has 0 aliphatic rings. The Labute approximate surface area is 545 Å². The van der Waals surface area contributed by atoms with Crippen molar-refractivity contribution in [2.45, 2.75) is 116 Å². The van der Waals surface area contributed by atoms with Crippen LogP contribution in [0.25, 0.3) is 0 Å². The van der Waals surface area contributed by atoms with Crippen molar-refractivity contribution in [2.24, 2.45) is 0 Å². The molecule has 0 saturated heterocycles. The summed E-state index contributed by atoms with van der Waals surface area (Å²) in [5.74, 6) is 1.17. The Bertz CT molecular complexity index is 1680. The molecule has 91 heavy (non-hydrogen) atoms. The lowest BCUT2D eigenvalue weighted by Gasteiger charge is -2.26. The summed E-state index contributed by atoms with van der Waals surface area (Å²) in [6, 6.07) is 12.1. The van der Waals surface area contributed by atoms with Gasteiger partial charge in [0.05, 0.1) is 251 Å². The smallest absolute Gasteiger partial charge is 0.133 e. The first-order valence-corrected chi connectivity index (χ1v) is 34.0. The van der Waals surface area contributed by atoms with Crippen molar-refractivity contribution in [3.05, 3.63) is 58.7 Å². The molecule has 0 aromatic heterocycles. The lowest BCUT2D eigenvalue weighted by molar-refractivity contribution is -0.0383. The summed E-state index contributed by atoms with van der Waals surface area (Å²) in [6.07, 6.45) is 14.1. The summed E-state index contributed by atoms with van der Waals surface area (Å²) in [6.45, 7) is 18.3. The second kappa shape index (κ2) is 67.3. The fourth-order valence-corrected chi connectivity index (χ4v) is 9.20. The molecule has 0 radical (unpaired) electrons. The van der Waals surface area contributed by atoms with Gasteiger partial charge in [-0.2, -0.15) is 0 Å². The van der Waals surface area contributed by atoms with E-state index in [0.717, 1.165) is 60.8 Å². The van der Waals surface area contributed by atoms with Gasteiger partial charge in [-0.1, -0.05) is 102 Å². The van der Waals surface area contributed by atoms with Crippen molar-refractivity contribution in [1.29, 1.82) is 0 Å². The highest BCUT2D eigenvalue weighted by Crippen LogP contribution is 2.40. The normalized spacial score (nSPS) is 12.4. The molecule has 2 aromatic carbocycles. The largest absolute Gasteiger partial charge is 0.457 e. The van der Waals surface area contributed by atoms with Gasteiger partial charge in [-0.15, -0.1) is 0 Å². The minimum Gasteiger partial charge on any atom is -0.457 e. The third-order valence-electron chi connectivity index (χ3n) is 13.9. The average Bonchev–Trinajstić information content (AvgIpc) is 0.889. The van der Waals surface area contributed by atoms with Gasteiger partial charge in [0.1, 0.15) is 23.7 Å². The fraction of sp³-hybridized carbons (Fsp3) is 0.824. The zero-order valence-corrected chi connectivity index (χ0v) is 55.9. The summed E-state index contributed by atoms with van der Waals surface area (Å²) < 4.78 is 108. The maximum absolute atomic E-state index is 11.0. The molecule has 2 unspecified atom stereocenters. The second-order valence-corrected chi connectivity index (χ2v) is 21.1. The second-order valence-electron chi connectivity index (χ2n) is 21.1. The molecule has 532 valence electrons. The third kappa shape index (κ3) is 49.5. The molecule has 0 bridgehead atoms. The first-order valence-electron chi connectivity index (χ1n) is 34.0. The number of aliphatic hydroxyl groups excluding tert-OH is 4. The van der Waals surface area contributed by atoms with E-state index >= 15 is 0 Å². The van der Waals surface area contributed by atoms with Crippen LogP contribution in [0.2, 0.25) is 0 Å². The van der Waals surface area contributed by atoms with Crippen LogP contribution in [-0.4, -0.2) is 271 Å². The Morgan fingerprint density at radius 1 is 0.264 bits per heavy atom. The molecule has 2 atom stereocenters. The molecular formula is C68H122O23. The van der Waals surface area contributed by atoms with Crippen LogP contribution in [0.15, 0.2) is 36.4 Å². The van der Waals surface area contributed by atoms with Crippen molar-refractivity contribution in [3.63, 3.8) is 0 Å². The first kappa shape index (κ1) is 84.4. The number of hydrogen-bond donors (Lipinski definition) is 4. The van der Waals surface area contributed by atoms with Crippen LogP contribution in [0.1, 0.15) is 125 Å². The van der Waals surface area contributed by atoms with E-state index in [2.05, 4.69) is 26.0 Å². The molecule has 0 aliphatic carbocycles. The predicted octanol–water partition coefficient (Wildman–Crippen LogP) is 7.64. The highest BCUT2D eigenvalue weighted by Gasteiger charge is 2.25. The van der Waals surface area contributed by atoms with Crippen molar-refractivity contribution in [2.75, 3.05) is 251 Å². The topological polar surface area (TPSA) is 256 Å². The van der Waals surface area contributed by atoms with Gasteiger partial charge in [0.25, 0.3) is 0 Å². The summed E-state index contributed by atoms with van der Waals surface area (Å²) in [5.41, 5.74) is 3.73. The third-order valence-corrected chi connectivity index (χ3v) is 13.9. The zero-order chi connectivity index (χ0) is 65.1. The van der Waals surface area contributed by atoms with Crippen LogP contribution in [0.5, 0.6) is 11.5 Å². The maximum atomic E-state index is 11.0. The van der Waals surface area contributed by atoms with Gasteiger partial charge < -0.3 is 110 Å². The predicted molar refractivity (Wildman–Crippen MR) is 346 cm³/mol. The average molecular weight is 1310 g/mol. The van der Waals surface area contributed by atoms with E-state index in [1.54, 1.807) is 0 Å². The van der Waals surface area contributed by atoms with Gasteiger partial charge in [0, 0.05) is 11.1 Å². The van der Waals surface area contributed by atoms with Crippen molar-refractivity contribution >= 4 is 0 Å². The van der Waals surface area contributed by atoms with Gasteiger partial charge >= 0.3 is 0 Å². The van der Waals surface area contributed by atoms with E-state index in [0.29, 0.717) is 223 Å². The number of aliphatic hydroxyl groups is 4. The van der Waals surface area contributed by atoms with E-state index in [1.165, 1.54) is 51.4 Å². The zero-order valence-electron chi connectivity index (χ0n) is 55.9. The molecule has 2 aromatic rings. The van der Waals surface area contributed by atoms with Gasteiger partial charge in [0.15, 0.2) is 0 Å². The summed E-state index contributed by atoms with van der Waals surface area (Å²) in [4.78, 5) is 0. The molecule has 2 rings (SSSR count). The molecule has 23 heteroatoms. The van der Waals surface area contributed by atoms with Gasteiger partial charge in [-0.3, -0.25) is 0 Å². The molecular weight excluding hydrogens is 1180 g/mol. The van der Waals surface area contributed by atoms with Gasteiger partial charge in [-0.05, 0) is 48.9 Å². The summed E-state index contributed by atoms with van der Waals surface area (Å²) in [7, 11) is 0. The highest BCUT2D eigenvalue weighted by atomic mass is 16.6. The molecule has 0 amide bonds. The van der Waals surface area contributed by atoms with E-state index in [1.807, 2.05) is 24.3 Å². The molecule has 0 saturated carbocycles. The Morgan fingerprint density at radius 2 is 0.484 bits per heavy atom. The minimum atomic E-state index is -0.678. The fourth-order valence-electron chi connectivity index (χ4n) is 9.20. The van der Waals surface area contributed by atoms with Crippen molar-refractivity contribution in [1.82, 2.24) is 0 Å². The van der Waals surface area contributed by atoms with Crippen LogP contribution in [-0.2, 0) is 98.1 Å². The number of benzene rings is 2. The van der Waals surface area contributed by atoms with Gasteiger partial charge in [-0.25, -0.2) is 0 Å². The van der Waals surface area contributed by atoms with Crippen molar-refractivity contribution in [3.8, 4) is 11.5 Å². The number of unbranched alkanes of at least 4 members (excludes halogenated alkanes) is 10. The minimum absolute atomic E-state index is 0.00810. The maximum Gasteiger partial charge on any atom is 0.133 e. The monoisotopic (exact) mass is 1310 g/mol. The Morgan fingerprint density at radius 3 is 0.714 bits per heavy atom. The molecule has 0 spiro atoms. The van der Waals surface area contributed by atoms with Crippen molar-refractivity contribution < 1.29 is 110 Å². The van der Waals surface area contributed by atoms with Crippen LogP contribution >= 0.6 is 0 Å². The number of aryl methyl sites for hydroxylation is 2. The van der Waals surface area contributed by atoms with E-state index < -0.39 is 12.2 Å². The Balaban J connectivity index is 1.84. The quantitative estimate of drug-likeness (QED) is 0.0464. The van der Waals surface area contributed by atoms with Crippen LogP contribution in [0.3, 0.4) is 0 Å². The molecule has 0 aliphatic heterocycles. The molecule has 0 heterocycles. The molecule has 4 N–H and O–H groups in total. The lowest BCUT2D eigenvalue weighted by Crippen LogP contribution is -2.18. The number of ether oxygens (including phenoxy) is 19. The van der Waals surface area contributed by atoms with E-state index in [-0.39, 0.29) is 39.6 Å². The Hall–Kier alpha value is -2.64.